The van der Waals surface area contributed by atoms with Crippen molar-refractivity contribution in [2.45, 2.75) is 25.8 Å². The maximum atomic E-state index is 6.19. The number of hydrogen-bond donors (Lipinski definition) is 1. The molecule has 2 aromatic rings. The molecule has 1 aromatic carbocycles. The van der Waals surface area contributed by atoms with Gasteiger partial charge in [0.15, 0.2) is 0 Å². The third-order valence-corrected chi connectivity index (χ3v) is 6.10. The standard InChI is InChI=1S/C16H17BrClNS/c1-2-19-16(10-3-4-10)15-8-7-14(20-15)11-5-6-12(17)13(18)9-11/h5-10,16,19H,2-4H2,1H3. The van der Waals surface area contributed by atoms with E-state index in [1.807, 2.05) is 23.5 Å². The fraction of sp³-hybridized carbons (Fsp3) is 0.375. The third-order valence-electron chi connectivity index (χ3n) is 3.65. The second-order valence-electron chi connectivity index (χ2n) is 5.20. The zero-order valence-electron chi connectivity index (χ0n) is 11.3. The molecule has 1 aromatic heterocycles. The summed E-state index contributed by atoms with van der Waals surface area (Å²) in [6.07, 6.45) is 2.71. The van der Waals surface area contributed by atoms with Crippen molar-refractivity contribution in [2.75, 3.05) is 6.54 Å². The van der Waals surface area contributed by atoms with Gasteiger partial charge in [-0.05, 0) is 71.1 Å². The average Bonchev–Trinajstić information content (AvgIpc) is 3.16. The van der Waals surface area contributed by atoms with E-state index in [4.69, 9.17) is 11.6 Å². The molecule has 1 heterocycles. The monoisotopic (exact) mass is 369 g/mol. The van der Waals surface area contributed by atoms with Crippen LogP contribution in [0.5, 0.6) is 0 Å². The molecule has 4 heteroatoms. The van der Waals surface area contributed by atoms with Gasteiger partial charge in [-0.1, -0.05) is 24.6 Å². The van der Waals surface area contributed by atoms with Crippen LogP contribution < -0.4 is 5.32 Å². The van der Waals surface area contributed by atoms with Crippen LogP contribution in [0.3, 0.4) is 0 Å². The van der Waals surface area contributed by atoms with Crippen molar-refractivity contribution in [1.29, 1.82) is 0 Å². The summed E-state index contributed by atoms with van der Waals surface area (Å²) in [5.41, 5.74) is 1.19. The SMILES string of the molecule is CCNC(c1ccc(-c2ccc(Br)c(Cl)c2)s1)C1CC1. The van der Waals surface area contributed by atoms with Gasteiger partial charge in [0.2, 0.25) is 0 Å². The van der Waals surface area contributed by atoms with Crippen molar-refractivity contribution < 1.29 is 0 Å². The second-order valence-corrected chi connectivity index (χ2v) is 7.58. The zero-order valence-corrected chi connectivity index (χ0v) is 14.5. The molecular formula is C16H17BrClNS. The van der Waals surface area contributed by atoms with Gasteiger partial charge in [-0.25, -0.2) is 0 Å². The van der Waals surface area contributed by atoms with E-state index in [9.17, 15) is 0 Å². The number of benzene rings is 1. The Morgan fingerprint density at radius 3 is 2.80 bits per heavy atom. The fourth-order valence-electron chi connectivity index (χ4n) is 2.47. The highest BCUT2D eigenvalue weighted by atomic mass is 79.9. The molecule has 1 nitrogen and oxygen atoms in total. The fourth-order valence-corrected chi connectivity index (χ4v) is 4.07. The molecule has 0 radical (unpaired) electrons. The highest BCUT2D eigenvalue weighted by molar-refractivity contribution is 9.10. The molecule has 1 fully saturated rings. The molecule has 1 atom stereocenters. The van der Waals surface area contributed by atoms with Gasteiger partial charge < -0.3 is 5.32 Å². The lowest BCUT2D eigenvalue weighted by Crippen LogP contribution is -2.21. The minimum absolute atomic E-state index is 0.532. The summed E-state index contributed by atoms with van der Waals surface area (Å²) in [7, 11) is 0. The Kier molecular flexibility index (Phi) is 4.51. The van der Waals surface area contributed by atoms with Gasteiger partial charge in [0.25, 0.3) is 0 Å². The smallest absolute Gasteiger partial charge is 0.0554 e. The molecule has 1 saturated carbocycles. The van der Waals surface area contributed by atoms with Gasteiger partial charge in [0.1, 0.15) is 0 Å². The van der Waals surface area contributed by atoms with E-state index in [0.29, 0.717) is 6.04 Å². The Hall–Kier alpha value is -0.350. The van der Waals surface area contributed by atoms with Crippen LogP contribution in [-0.2, 0) is 0 Å². The summed E-state index contributed by atoms with van der Waals surface area (Å²) in [4.78, 5) is 2.74. The van der Waals surface area contributed by atoms with Crippen molar-refractivity contribution in [2.24, 2.45) is 5.92 Å². The van der Waals surface area contributed by atoms with Crippen LogP contribution in [0, 0.1) is 5.92 Å². The predicted octanol–water partition coefficient (Wildman–Crippen LogP) is 5.89. The Morgan fingerprint density at radius 2 is 2.15 bits per heavy atom. The average molecular weight is 371 g/mol. The number of rotatable bonds is 5. The van der Waals surface area contributed by atoms with E-state index < -0.39 is 0 Å². The highest BCUT2D eigenvalue weighted by Gasteiger charge is 2.32. The molecule has 1 aliphatic rings. The minimum atomic E-state index is 0.532. The summed E-state index contributed by atoms with van der Waals surface area (Å²) < 4.78 is 0.947. The molecule has 106 valence electrons. The largest absolute Gasteiger partial charge is 0.309 e. The maximum absolute atomic E-state index is 6.19. The molecule has 3 rings (SSSR count). The molecule has 0 bridgehead atoms. The van der Waals surface area contributed by atoms with Gasteiger partial charge in [-0.15, -0.1) is 11.3 Å². The Bertz CT molecular complexity index is 606. The van der Waals surface area contributed by atoms with Crippen molar-refractivity contribution in [3.05, 3.63) is 44.7 Å². The van der Waals surface area contributed by atoms with Gasteiger partial charge in [-0.3, -0.25) is 0 Å². The van der Waals surface area contributed by atoms with Crippen LogP contribution in [-0.4, -0.2) is 6.54 Å². The molecule has 0 spiro atoms. The van der Waals surface area contributed by atoms with Gasteiger partial charge in [0.05, 0.1) is 5.02 Å². The van der Waals surface area contributed by atoms with E-state index in [-0.39, 0.29) is 0 Å². The quantitative estimate of drug-likeness (QED) is 0.691. The maximum Gasteiger partial charge on any atom is 0.0554 e. The summed E-state index contributed by atoms with van der Waals surface area (Å²) in [6.45, 7) is 3.21. The molecule has 0 aliphatic heterocycles. The van der Waals surface area contributed by atoms with E-state index >= 15 is 0 Å². The minimum Gasteiger partial charge on any atom is -0.309 e. The molecular weight excluding hydrogens is 354 g/mol. The Morgan fingerprint density at radius 1 is 1.35 bits per heavy atom. The lowest BCUT2D eigenvalue weighted by atomic mass is 10.1. The summed E-state index contributed by atoms with van der Waals surface area (Å²) in [5, 5.41) is 4.39. The summed E-state index contributed by atoms with van der Waals surface area (Å²) >= 11 is 11.5. The number of hydrogen-bond acceptors (Lipinski definition) is 2. The first-order chi connectivity index (χ1) is 9.69. The highest BCUT2D eigenvalue weighted by Crippen LogP contribution is 2.44. The third kappa shape index (κ3) is 3.11. The van der Waals surface area contributed by atoms with Crippen LogP contribution in [0.15, 0.2) is 34.8 Å². The topological polar surface area (TPSA) is 12.0 Å². The molecule has 0 amide bonds. The normalized spacial score (nSPS) is 16.4. The van der Waals surface area contributed by atoms with Gasteiger partial charge in [0, 0.05) is 20.3 Å². The van der Waals surface area contributed by atoms with Crippen molar-refractivity contribution in [1.82, 2.24) is 5.32 Å². The summed E-state index contributed by atoms with van der Waals surface area (Å²) in [5.74, 6) is 0.829. The molecule has 1 aliphatic carbocycles. The molecule has 1 N–H and O–H groups in total. The van der Waals surface area contributed by atoms with Gasteiger partial charge >= 0.3 is 0 Å². The number of nitrogens with one attached hydrogen (secondary N) is 1. The summed E-state index contributed by atoms with van der Waals surface area (Å²) in [6, 6.07) is 11.2. The van der Waals surface area contributed by atoms with Crippen molar-refractivity contribution in [3.63, 3.8) is 0 Å². The number of thiophene rings is 1. The first kappa shape index (κ1) is 14.6. The van der Waals surface area contributed by atoms with Crippen molar-refractivity contribution >= 4 is 38.9 Å². The zero-order chi connectivity index (χ0) is 14.1. The van der Waals surface area contributed by atoms with E-state index in [0.717, 1.165) is 22.0 Å². The lowest BCUT2D eigenvalue weighted by Gasteiger charge is -2.15. The Labute approximate surface area is 137 Å². The molecule has 0 saturated heterocycles. The van der Waals surface area contributed by atoms with Crippen LogP contribution in [0.2, 0.25) is 5.02 Å². The predicted molar refractivity (Wildman–Crippen MR) is 91.6 cm³/mol. The first-order valence-electron chi connectivity index (χ1n) is 6.97. The van der Waals surface area contributed by atoms with E-state index in [1.54, 1.807) is 0 Å². The molecule has 1 unspecified atom stereocenters. The van der Waals surface area contributed by atoms with Crippen LogP contribution in [0.1, 0.15) is 30.7 Å². The molecule has 20 heavy (non-hydrogen) atoms. The number of halogens is 2. The van der Waals surface area contributed by atoms with Crippen LogP contribution in [0.4, 0.5) is 0 Å². The van der Waals surface area contributed by atoms with Crippen molar-refractivity contribution in [3.8, 4) is 10.4 Å². The first-order valence-corrected chi connectivity index (χ1v) is 8.96. The van der Waals surface area contributed by atoms with E-state index in [1.165, 1.54) is 28.2 Å². The second kappa shape index (κ2) is 6.18. The van der Waals surface area contributed by atoms with Crippen LogP contribution >= 0.6 is 38.9 Å². The van der Waals surface area contributed by atoms with Crippen LogP contribution in [0.25, 0.3) is 10.4 Å². The lowest BCUT2D eigenvalue weighted by molar-refractivity contribution is 0.504. The Balaban J connectivity index is 1.86. The van der Waals surface area contributed by atoms with E-state index in [2.05, 4.69) is 46.4 Å². The van der Waals surface area contributed by atoms with Gasteiger partial charge in [-0.2, -0.15) is 0 Å².